The first-order valence-electron chi connectivity index (χ1n) is 15.7. The maximum atomic E-state index is 14.1. The van der Waals surface area contributed by atoms with Gasteiger partial charge in [0, 0.05) is 17.8 Å². The lowest BCUT2D eigenvalue weighted by Gasteiger charge is -2.17. The number of nitrogens with zero attached hydrogens (tertiary/aromatic N) is 2. The number of sulfonamides is 1. The smallest absolute Gasteiger partial charge is 0.323 e. The zero-order valence-electron chi connectivity index (χ0n) is 26.4. The Morgan fingerprint density at radius 2 is 1.42 bits per heavy atom. The molecule has 1 aromatic heterocycles. The Morgan fingerprint density at radius 1 is 0.750 bits per heavy atom. The molecule has 3 N–H and O–H groups in total. The molecule has 0 saturated heterocycles. The predicted octanol–water partition coefficient (Wildman–Crippen LogP) is 7.86. The fourth-order valence-electron chi connectivity index (χ4n) is 5.63. The van der Waals surface area contributed by atoms with E-state index in [1.54, 1.807) is 36.4 Å². The highest BCUT2D eigenvalue weighted by Gasteiger charge is 2.25. The Hall–Kier alpha value is -5.74. The number of carbonyl (C=O) groups excluding carboxylic acids is 2. The molecule has 0 atom stereocenters. The first-order valence-corrected chi connectivity index (χ1v) is 17.2. The van der Waals surface area contributed by atoms with Crippen molar-refractivity contribution in [1.82, 2.24) is 14.3 Å². The van der Waals surface area contributed by atoms with Crippen molar-refractivity contribution in [2.24, 2.45) is 0 Å². The van der Waals surface area contributed by atoms with Crippen LogP contribution in [0.2, 0.25) is 0 Å². The zero-order chi connectivity index (χ0) is 33.5. The van der Waals surface area contributed by atoms with E-state index >= 15 is 0 Å². The maximum absolute atomic E-state index is 14.1. The molecule has 6 rings (SSSR count). The van der Waals surface area contributed by atoms with Crippen molar-refractivity contribution in [1.29, 1.82) is 0 Å². The molecule has 5 aromatic carbocycles. The van der Waals surface area contributed by atoms with Crippen LogP contribution in [0.3, 0.4) is 0 Å². The van der Waals surface area contributed by atoms with Crippen LogP contribution in [0.25, 0.3) is 22.2 Å². The number of carbonyl (C=O) groups is 2. The number of hydrogen-bond donors (Lipinski definition) is 3. The van der Waals surface area contributed by atoms with Gasteiger partial charge in [-0.15, -0.1) is 0 Å². The Labute approximate surface area is 279 Å². The number of nitrogens with one attached hydrogen (secondary N) is 3. The number of aryl methyl sites for hydroxylation is 1. The summed E-state index contributed by atoms with van der Waals surface area (Å²) in [4.78, 5) is 31.8. The van der Waals surface area contributed by atoms with Crippen LogP contribution in [0.4, 0.5) is 16.2 Å². The predicted molar refractivity (Wildman–Crippen MR) is 190 cm³/mol. The minimum absolute atomic E-state index is 0.00382. The van der Waals surface area contributed by atoms with Crippen LogP contribution >= 0.6 is 0 Å². The number of benzene rings is 5. The van der Waals surface area contributed by atoms with Crippen molar-refractivity contribution in [2.75, 3.05) is 10.6 Å². The number of imidazole rings is 1. The van der Waals surface area contributed by atoms with Crippen LogP contribution in [0.1, 0.15) is 41.5 Å². The molecule has 0 spiro atoms. The first-order chi connectivity index (χ1) is 23.3. The monoisotopic (exact) mass is 657 g/mol. The SMILES string of the molecule is CCCCc1nc2ccc(NC(=O)Nc3ccccc3)cc2n1Cc1cccc(-c2ccccc2)c1C(=O)NS(=O)(=O)c1ccccc1. The van der Waals surface area contributed by atoms with Gasteiger partial charge in [-0.05, 0) is 65.6 Å². The molecule has 0 bridgehead atoms. The van der Waals surface area contributed by atoms with E-state index in [4.69, 9.17) is 4.98 Å². The van der Waals surface area contributed by atoms with E-state index in [0.717, 1.165) is 35.3 Å². The fraction of sp³-hybridized carbons (Fsp3) is 0.132. The second kappa shape index (κ2) is 14.4. The minimum atomic E-state index is -4.14. The van der Waals surface area contributed by atoms with E-state index in [1.165, 1.54) is 12.1 Å². The number of fused-ring (bicyclic) bond motifs is 1. The lowest BCUT2D eigenvalue weighted by Crippen LogP contribution is -2.32. The van der Waals surface area contributed by atoms with Crippen LogP contribution in [0.15, 0.2) is 132 Å². The molecule has 0 aliphatic rings. The van der Waals surface area contributed by atoms with Gasteiger partial charge in [0.1, 0.15) is 5.82 Å². The summed E-state index contributed by atoms with van der Waals surface area (Å²) in [6.07, 6.45) is 2.56. The second-order valence-corrected chi connectivity index (χ2v) is 13.0. The third kappa shape index (κ3) is 7.29. The van der Waals surface area contributed by atoms with E-state index in [1.807, 2.05) is 83.4 Å². The standard InChI is InChI=1S/C38H35N5O4S/c1-2-3-22-35-41-33-24-23-30(40-38(45)39-29-17-9-5-10-18-29)25-34(33)43(35)26-28-16-13-21-32(27-14-7-4-8-15-27)36(28)37(44)42-48(46,47)31-19-11-6-12-20-31/h4-21,23-25H,2-3,22,26H2,1H3,(H,42,44)(H2,39,40,45). The topological polar surface area (TPSA) is 122 Å². The quantitative estimate of drug-likeness (QED) is 0.131. The van der Waals surface area contributed by atoms with Gasteiger partial charge in [0.25, 0.3) is 15.9 Å². The van der Waals surface area contributed by atoms with Crippen LogP contribution in [0.5, 0.6) is 0 Å². The Kier molecular flexibility index (Phi) is 9.63. The third-order valence-electron chi connectivity index (χ3n) is 7.94. The largest absolute Gasteiger partial charge is 0.323 e. The summed E-state index contributed by atoms with van der Waals surface area (Å²) in [6, 6.07) is 37.1. The van der Waals surface area contributed by atoms with E-state index in [0.29, 0.717) is 28.9 Å². The number of urea groups is 1. The summed E-state index contributed by atoms with van der Waals surface area (Å²) in [6.45, 7) is 2.35. The molecule has 0 unspecified atom stereocenters. The molecule has 242 valence electrons. The van der Waals surface area contributed by atoms with Gasteiger partial charge in [-0.2, -0.15) is 0 Å². The number of hydrogen-bond acceptors (Lipinski definition) is 5. The summed E-state index contributed by atoms with van der Waals surface area (Å²) < 4.78 is 30.9. The molecule has 1 heterocycles. The van der Waals surface area contributed by atoms with Crippen molar-refractivity contribution < 1.29 is 18.0 Å². The Morgan fingerprint density at radius 3 is 2.12 bits per heavy atom. The lowest BCUT2D eigenvalue weighted by atomic mass is 9.94. The third-order valence-corrected chi connectivity index (χ3v) is 9.29. The van der Waals surface area contributed by atoms with Gasteiger partial charge in [-0.3, -0.25) is 4.79 Å². The summed E-state index contributed by atoms with van der Waals surface area (Å²) in [5, 5.41) is 5.74. The molecule has 0 radical (unpaired) electrons. The molecule has 10 heteroatoms. The minimum Gasteiger partial charge on any atom is -0.323 e. The van der Waals surface area contributed by atoms with Crippen LogP contribution in [-0.4, -0.2) is 29.9 Å². The highest BCUT2D eigenvalue weighted by Crippen LogP contribution is 2.30. The average Bonchev–Trinajstić information content (AvgIpc) is 3.44. The van der Waals surface area contributed by atoms with Crippen LogP contribution in [-0.2, 0) is 23.0 Å². The molecule has 48 heavy (non-hydrogen) atoms. The second-order valence-electron chi connectivity index (χ2n) is 11.3. The van der Waals surface area contributed by atoms with Crippen molar-refractivity contribution in [3.63, 3.8) is 0 Å². The molecular weight excluding hydrogens is 623 g/mol. The zero-order valence-corrected chi connectivity index (χ0v) is 27.2. The Bertz CT molecular complexity index is 2170. The van der Waals surface area contributed by atoms with Gasteiger partial charge < -0.3 is 15.2 Å². The van der Waals surface area contributed by atoms with Gasteiger partial charge >= 0.3 is 6.03 Å². The molecule has 0 saturated carbocycles. The molecule has 0 fully saturated rings. The molecular formula is C38H35N5O4S. The Balaban J connectivity index is 1.41. The van der Waals surface area contributed by atoms with Crippen LogP contribution < -0.4 is 15.4 Å². The number of anilines is 2. The van der Waals surface area contributed by atoms with E-state index in [-0.39, 0.29) is 23.0 Å². The summed E-state index contributed by atoms with van der Waals surface area (Å²) >= 11 is 0. The van der Waals surface area contributed by atoms with Gasteiger partial charge in [-0.25, -0.2) is 22.9 Å². The highest BCUT2D eigenvalue weighted by atomic mass is 32.2. The number of para-hydroxylation sites is 1. The summed E-state index contributed by atoms with van der Waals surface area (Å²) in [5.41, 5.74) is 5.01. The molecule has 3 amide bonds. The number of amides is 3. The molecule has 9 nitrogen and oxygen atoms in total. The summed E-state index contributed by atoms with van der Waals surface area (Å²) in [7, 11) is -4.14. The fourth-order valence-corrected chi connectivity index (χ4v) is 6.61. The molecule has 0 aliphatic heterocycles. The van der Waals surface area contributed by atoms with Crippen molar-refractivity contribution in [3.8, 4) is 11.1 Å². The van der Waals surface area contributed by atoms with Crippen molar-refractivity contribution >= 4 is 44.4 Å². The normalized spacial score (nSPS) is 11.3. The highest BCUT2D eigenvalue weighted by molar-refractivity contribution is 7.90. The van der Waals surface area contributed by atoms with E-state index in [2.05, 4.69) is 22.3 Å². The van der Waals surface area contributed by atoms with Crippen molar-refractivity contribution in [3.05, 3.63) is 144 Å². The average molecular weight is 658 g/mol. The number of unbranched alkanes of at least 4 members (excludes halogenated alkanes) is 1. The first kappa shape index (κ1) is 32.2. The molecule has 0 aliphatic carbocycles. The number of aromatic nitrogens is 2. The maximum Gasteiger partial charge on any atom is 0.323 e. The van der Waals surface area contributed by atoms with E-state index < -0.39 is 15.9 Å². The lowest BCUT2D eigenvalue weighted by molar-refractivity contribution is 0.0981. The van der Waals surface area contributed by atoms with Crippen molar-refractivity contribution in [2.45, 2.75) is 37.6 Å². The van der Waals surface area contributed by atoms with Gasteiger partial charge in [0.05, 0.1) is 28.0 Å². The van der Waals surface area contributed by atoms with E-state index in [9.17, 15) is 18.0 Å². The van der Waals surface area contributed by atoms with Gasteiger partial charge in [-0.1, -0.05) is 98.3 Å². The van der Waals surface area contributed by atoms with Crippen LogP contribution in [0, 0.1) is 0 Å². The number of rotatable bonds is 11. The summed E-state index contributed by atoms with van der Waals surface area (Å²) in [5.74, 6) is 0.0962. The molecule has 6 aromatic rings. The van der Waals surface area contributed by atoms with Gasteiger partial charge in [0.15, 0.2) is 0 Å². The van der Waals surface area contributed by atoms with Gasteiger partial charge in [0.2, 0.25) is 0 Å².